The lowest BCUT2D eigenvalue weighted by atomic mass is 9.75. The van der Waals surface area contributed by atoms with E-state index in [1.54, 1.807) is 0 Å². The number of aryl methyl sites for hydroxylation is 2. The molecule has 4 heterocycles. The molecule has 2 aliphatic heterocycles. The molecule has 10 nitrogen and oxygen atoms in total. The molecule has 0 unspecified atom stereocenters. The fourth-order valence-electron chi connectivity index (χ4n) is 5.15. The van der Waals surface area contributed by atoms with E-state index in [1.165, 1.54) is 0 Å². The zero-order valence-corrected chi connectivity index (χ0v) is 20.7. The van der Waals surface area contributed by atoms with Gasteiger partial charge >= 0.3 is 0 Å². The molecule has 1 spiro atoms. The third-order valence-electron chi connectivity index (χ3n) is 7.07. The Kier molecular flexibility index (Phi) is 5.79. The number of nitrogens with one attached hydrogen (secondary N) is 3. The summed E-state index contributed by atoms with van der Waals surface area (Å²) in [6, 6.07) is 0.156. The van der Waals surface area contributed by atoms with Crippen molar-refractivity contribution >= 4 is 38.2 Å². The van der Waals surface area contributed by atoms with Crippen LogP contribution in [-0.2, 0) is 26.0 Å². The molecular formula is C23H32N6O4S. The standard InChI is InChI=1S/C23H32N6O4S/c1-4-19(30)25-16-10-23(11-16)12-18(28-33-23)17-13-24-22-20(14(3)27-29(22)5-2)21(17)26-15-6-8-34(31,32)9-7-15/h12-13,15-16,28H,4-11H2,1-3H3,(H,24,26)(H,25,30). The Labute approximate surface area is 199 Å². The molecule has 0 aromatic carbocycles. The van der Waals surface area contributed by atoms with Gasteiger partial charge in [-0.25, -0.2) is 18.1 Å². The quantitative estimate of drug-likeness (QED) is 0.564. The van der Waals surface area contributed by atoms with Crippen molar-refractivity contribution in [2.45, 2.75) is 77.1 Å². The van der Waals surface area contributed by atoms with Gasteiger partial charge in [-0.3, -0.25) is 15.1 Å². The zero-order chi connectivity index (χ0) is 24.1. The number of carbonyl (C=O) groups excluding carboxylic acids is 1. The normalized spacial score (nSPS) is 23.4. The number of aromatic nitrogens is 3. The van der Waals surface area contributed by atoms with Gasteiger partial charge in [-0.1, -0.05) is 6.92 Å². The van der Waals surface area contributed by atoms with Crippen molar-refractivity contribution in [2.24, 2.45) is 0 Å². The summed E-state index contributed by atoms with van der Waals surface area (Å²) < 4.78 is 25.8. The van der Waals surface area contributed by atoms with Crippen molar-refractivity contribution in [1.82, 2.24) is 25.6 Å². The fourth-order valence-corrected chi connectivity index (χ4v) is 6.64. The Bertz CT molecular complexity index is 1250. The van der Waals surface area contributed by atoms with Crippen molar-refractivity contribution < 1.29 is 18.0 Å². The van der Waals surface area contributed by atoms with Crippen molar-refractivity contribution in [3.8, 4) is 0 Å². The van der Waals surface area contributed by atoms with Gasteiger partial charge in [-0.05, 0) is 32.8 Å². The van der Waals surface area contributed by atoms with Crippen LogP contribution in [0.1, 0.15) is 57.2 Å². The summed E-state index contributed by atoms with van der Waals surface area (Å²) in [6.45, 7) is 6.55. The molecular weight excluding hydrogens is 456 g/mol. The molecule has 3 N–H and O–H groups in total. The molecule has 2 aromatic heterocycles. The van der Waals surface area contributed by atoms with Crippen LogP contribution in [0.5, 0.6) is 0 Å². The first kappa shape index (κ1) is 23.1. The number of hydroxylamine groups is 1. The van der Waals surface area contributed by atoms with Crippen LogP contribution in [0.4, 0.5) is 5.69 Å². The van der Waals surface area contributed by atoms with Crippen LogP contribution in [-0.4, -0.2) is 58.3 Å². The minimum atomic E-state index is -2.95. The van der Waals surface area contributed by atoms with Crippen LogP contribution in [0.3, 0.4) is 0 Å². The van der Waals surface area contributed by atoms with E-state index >= 15 is 0 Å². The van der Waals surface area contributed by atoms with Crippen LogP contribution in [0.25, 0.3) is 16.7 Å². The Balaban J connectivity index is 1.47. The van der Waals surface area contributed by atoms with Gasteiger partial charge in [0.2, 0.25) is 5.91 Å². The predicted octanol–water partition coefficient (Wildman–Crippen LogP) is 2.05. The van der Waals surface area contributed by atoms with Crippen LogP contribution in [0, 0.1) is 6.92 Å². The van der Waals surface area contributed by atoms with E-state index in [-0.39, 0.29) is 29.5 Å². The van der Waals surface area contributed by atoms with E-state index in [0.29, 0.717) is 38.6 Å². The third-order valence-corrected chi connectivity index (χ3v) is 8.79. The smallest absolute Gasteiger partial charge is 0.219 e. The number of pyridine rings is 1. The highest BCUT2D eigenvalue weighted by Gasteiger charge is 2.48. The van der Waals surface area contributed by atoms with Gasteiger partial charge in [0.1, 0.15) is 15.4 Å². The summed E-state index contributed by atoms with van der Waals surface area (Å²) in [7, 11) is -2.95. The Hall–Kier alpha value is -2.66. The number of hydrogen-bond donors (Lipinski definition) is 3. The molecule has 11 heteroatoms. The highest BCUT2D eigenvalue weighted by atomic mass is 32.2. The molecule has 2 fully saturated rings. The highest BCUT2D eigenvalue weighted by molar-refractivity contribution is 7.91. The van der Waals surface area contributed by atoms with Crippen molar-refractivity contribution in [1.29, 1.82) is 0 Å². The monoisotopic (exact) mass is 488 g/mol. The second-order valence-electron chi connectivity index (χ2n) is 9.57. The molecule has 1 saturated carbocycles. The molecule has 1 amide bonds. The lowest BCUT2D eigenvalue weighted by molar-refractivity contribution is -0.128. The maximum Gasteiger partial charge on any atom is 0.219 e. The number of rotatable bonds is 6. The highest BCUT2D eigenvalue weighted by Crippen LogP contribution is 2.44. The number of fused-ring (bicyclic) bond motifs is 1. The minimum Gasteiger partial charge on any atom is -0.381 e. The van der Waals surface area contributed by atoms with Crippen LogP contribution in [0.15, 0.2) is 12.3 Å². The Morgan fingerprint density at radius 1 is 1.26 bits per heavy atom. The zero-order valence-electron chi connectivity index (χ0n) is 19.8. The first-order valence-electron chi connectivity index (χ1n) is 12.0. The SMILES string of the molecule is CCC(=O)NC1CC2(C=C(c3cnc4c(c(C)nn4CC)c3NC3CCS(=O)(=O)CC3)NO2)C1. The largest absolute Gasteiger partial charge is 0.381 e. The number of anilines is 1. The number of carbonyl (C=O) groups is 1. The lowest BCUT2D eigenvalue weighted by Gasteiger charge is -2.42. The van der Waals surface area contributed by atoms with Crippen LogP contribution >= 0.6 is 0 Å². The maximum atomic E-state index is 11.9. The third kappa shape index (κ3) is 4.15. The number of sulfone groups is 1. The second kappa shape index (κ2) is 8.53. The number of amides is 1. The van der Waals surface area contributed by atoms with Gasteiger partial charge in [0, 0.05) is 49.7 Å². The van der Waals surface area contributed by atoms with Crippen LogP contribution in [0.2, 0.25) is 0 Å². The van der Waals surface area contributed by atoms with E-state index in [1.807, 2.05) is 31.6 Å². The van der Waals surface area contributed by atoms with E-state index in [9.17, 15) is 13.2 Å². The molecule has 0 bridgehead atoms. The first-order chi connectivity index (χ1) is 16.2. The van der Waals surface area contributed by atoms with Gasteiger partial charge < -0.3 is 10.6 Å². The average molecular weight is 489 g/mol. The van der Waals surface area contributed by atoms with Crippen molar-refractivity contribution in [2.75, 3.05) is 16.8 Å². The van der Waals surface area contributed by atoms with Gasteiger partial charge in [0.25, 0.3) is 0 Å². The molecule has 184 valence electrons. The molecule has 3 aliphatic rings. The molecule has 1 aliphatic carbocycles. The van der Waals surface area contributed by atoms with Gasteiger partial charge in [-0.2, -0.15) is 5.10 Å². The summed E-state index contributed by atoms with van der Waals surface area (Å²) in [5.41, 5.74) is 6.92. The van der Waals surface area contributed by atoms with Crippen molar-refractivity contribution in [3.63, 3.8) is 0 Å². The van der Waals surface area contributed by atoms with Gasteiger partial charge in [0.15, 0.2) is 5.65 Å². The predicted molar refractivity (Wildman–Crippen MR) is 130 cm³/mol. The van der Waals surface area contributed by atoms with E-state index < -0.39 is 15.4 Å². The second-order valence-corrected chi connectivity index (χ2v) is 11.9. The lowest BCUT2D eigenvalue weighted by Crippen LogP contribution is -2.54. The molecule has 5 rings (SSSR count). The molecule has 2 aromatic rings. The van der Waals surface area contributed by atoms with Crippen LogP contribution < -0.4 is 16.1 Å². The molecule has 0 radical (unpaired) electrons. The first-order valence-corrected chi connectivity index (χ1v) is 13.8. The molecule has 0 atom stereocenters. The van der Waals surface area contributed by atoms with E-state index in [4.69, 9.17) is 9.82 Å². The van der Waals surface area contributed by atoms with Gasteiger partial charge in [0.05, 0.1) is 34.0 Å². The number of nitrogens with zero attached hydrogens (tertiary/aromatic N) is 3. The molecule has 34 heavy (non-hydrogen) atoms. The summed E-state index contributed by atoms with van der Waals surface area (Å²) >= 11 is 0. The Morgan fingerprint density at radius 3 is 2.68 bits per heavy atom. The minimum absolute atomic E-state index is 0.0477. The number of hydrogen-bond acceptors (Lipinski definition) is 8. The maximum absolute atomic E-state index is 11.9. The van der Waals surface area contributed by atoms with E-state index in [0.717, 1.165) is 33.7 Å². The topological polar surface area (TPSA) is 127 Å². The van der Waals surface area contributed by atoms with E-state index in [2.05, 4.69) is 27.3 Å². The summed E-state index contributed by atoms with van der Waals surface area (Å²) in [5, 5.41) is 12.3. The molecule has 1 saturated heterocycles. The van der Waals surface area contributed by atoms with Crippen molar-refractivity contribution in [3.05, 3.63) is 23.5 Å². The fraction of sp³-hybridized carbons (Fsp3) is 0.609. The average Bonchev–Trinajstić information content (AvgIpc) is 3.37. The Morgan fingerprint density at radius 2 is 2.00 bits per heavy atom. The summed E-state index contributed by atoms with van der Waals surface area (Å²) in [6.07, 6.45) is 6.93. The summed E-state index contributed by atoms with van der Waals surface area (Å²) in [4.78, 5) is 22.4. The van der Waals surface area contributed by atoms with Gasteiger partial charge in [-0.15, -0.1) is 0 Å². The summed E-state index contributed by atoms with van der Waals surface area (Å²) in [5.74, 6) is 0.438.